The highest BCUT2D eigenvalue weighted by Gasteiger charge is 2.30. The number of aryl methyl sites for hydroxylation is 3. The zero-order valence-electron chi connectivity index (χ0n) is 32.3. The van der Waals surface area contributed by atoms with Gasteiger partial charge in [0.2, 0.25) is 11.8 Å². The number of hydrogen-bond acceptors (Lipinski definition) is 10. The summed E-state index contributed by atoms with van der Waals surface area (Å²) < 4.78 is 13.2. The van der Waals surface area contributed by atoms with E-state index in [0.29, 0.717) is 42.2 Å². The van der Waals surface area contributed by atoms with E-state index in [4.69, 9.17) is 19.1 Å². The van der Waals surface area contributed by atoms with Gasteiger partial charge in [-0.1, -0.05) is 18.1 Å². The topological polar surface area (TPSA) is 162 Å². The second kappa shape index (κ2) is 15.4. The van der Waals surface area contributed by atoms with Crippen molar-refractivity contribution in [2.75, 3.05) is 31.2 Å². The summed E-state index contributed by atoms with van der Waals surface area (Å²) in [6.45, 7) is 4.12. The van der Waals surface area contributed by atoms with Gasteiger partial charge in [0, 0.05) is 79.0 Å². The lowest BCUT2D eigenvalue weighted by atomic mass is 9.88. The van der Waals surface area contributed by atoms with Crippen LogP contribution in [0.15, 0.2) is 76.2 Å². The first-order chi connectivity index (χ1) is 28.2. The molecule has 2 fully saturated rings. The van der Waals surface area contributed by atoms with Crippen LogP contribution in [0.25, 0.3) is 33.3 Å². The van der Waals surface area contributed by atoms with Gasteiger partial charge in [0.1, 0.15) is 16.9 Å². The van der Waals surface area contributed by atoms with Gasteiger partial charge in [0.15, 0.2) is 5.76 Å². The standard InChI is InChI=1S/C45H41N7O6/c1-26-20-34-38(23-37(27-14-18-57-19-15-27)49-42(34)51(2)45(26)56)52-17-5-6-28-21-36(48-25-39(28)52)29-10-12-35(47-24-29)44(55)46-16-4-7-30-22-33-31(8-3-9-40(33)58-30)32-11-13-41(53)50-43(32)54/h3,8-10,12,20-25,27,32H,5-6,11,13-19H2,1-2H3,(H,46,55)(H,50,53,54). The predicted octanol–water partition coefficient (Wildman–Crippen LogP) is 5.73. The van der Waals surface area contributed by atoms with Crippen molar-refractivity contribution < 1.29 is 23.5 Å². The summed E-state index contributed by atoms with van der Waals surface area (Å²) in [5.41, 5.74) is 8.69. The molecule has 58 heavy (non-hydrogen) atoms. The third kappa shape index (κ3) is 7.00. The SMILES string of the molecule is Cc1cc2c(N3CCCc4cc(-c5ccc(C(=O)NCC#Cc6cc7c(C8CCC(=O)NC8=O)cccc7o6)nc5)ncc43)cc(C3CCOCC3)nc2n(C)c1=O. The molecule has 5 aromatic heterocycles. The Morgan fingerprint density at radius 3 is 2.64 bits per heavy atom. The lowest BCUT2D eigenvalue weighted by Crippen LogP contribution is -2.39. The maximum Gasteiger partial charge on any atom is 0.270 e. The van der Waals surface area contributed by atoms with Crippen molar-refractivity contribution in [3.05, 3.63) is 111 Å². The summed E-state index contributed by atoms with van der Waals surface area (Å²) in [5, 5.41) is 6.91. The van der Waals surface area contributed by atoms with E-state index in [1.54, 1.807) is 29.9 Å². The Morgan fingerprint density at radius 2 is 1.83 bits per heavy atom. The molecule has 3 aliphatic heterocycles. The average molecular weight is 776 g/mol. The number of rotatable bonds is 6. The van der Waals surface area contributed by atoms with Crippen LogP contribution in [0.4, 0.5) is 11.4 Å². The molecule has 0 spiro atoms. The molecule has 2 N–H and O–H groups in total. The smallest absolute Gasteiger partial charge is 0.270 e. The Labute approximate surface area is 333 Å². The third-order valence-electron chi connectivity index (χ3n) is 11.4. The second-order valence-electron chi connectivity index (χ2n) is 15.1. The highest BCUT2D eigenvalue weighted by Crippen LogP contribution is 2.40. The number of ether oxygens (including phenoxy) is 1. The molecule has 3 amide bonds. The first-order valence-corrected chi connectivity index (χ1v) is 19.7. The Hall–Kier alpha value is -6.65. The number of aromatic nitrogens is 4. The normalized spacial score (nSPS) is 17.1. The average Bonchev–Trinajstić information content (AvgIpc) is 3.68. The number of nitrogens with one attached hydrogen (secondary N) is 2. The van der Waals surface area contributed by atoms with E-state index in [1.807, 2.05) is 43.5 Å². The number of pyridine rings is 4. The zero-order valence-corrected chi connectivity index (χ0v) is 32.3. The first-order valence-electron chi connectivity index (χ1n) is 19.7. The van der Waals surface area contributed by atoms with Gasteiger partial charge in [-0.25, -0.2) is 4.98 Å². The lowest BCUT2D eigenvalue weighted by molar-refractivity contribution is -0.134. The number of furan rings is 1. The first kappa shape index (κ1) is 37.0. The molecule has 0 radical (unpaired) electrons. The fourth-order valence-corrected chi connectivity index (χ4v) is 8.36. The number of imide groups is 1. The molecule has 1 unspecified atom stereocenters. The zero-order chi connectivity index (χ0) is 39.9. The molecule has 0 saturated carbocycles. The molecule has 1 atom stereocenters. The van der Waals surface area contributed by atoms with Crippen molar-refractivity contribution in [3.8, 4) is 23.1 Å². The number of fused-ring (bicyclic) bond motifs is 3. The summed E-state index contributed by atoms with van der Waals surface area (Å²) >= 11 is 0. The molecule has 8 heterocycles. The molecule has 13 nitrogen and oxygen atoms in total. The number of nitrogens with zero attached hydrogens (tertiary/aromatic N) is 5. The molecule has 13 heteroatoms. The van der Waals surface area contributed by atoms with Gasteiger partial charge >= 0.3 is 0 Å². The van der Waals surface area contributed by atoms with Crippen molar-refractivity contribution in [1.29, 1.82) is 0 Å². The molecule has 2 saturated heterocycles. The number of benzene rings is 1. The second-order valence-corrected chi connectivity index (χ2v) is 15.1. The van der Waals surface area contributed by atoms with E-state index in [9.17, 15) is 19.2 Å². The van der Waals surface area contributed by atoms with Crippen LogP contribution in [-0.4, -0.2) is 63.5 Å². The lowest BCUT2D eigenvalue weighted by Gasteiger charge is -2.33. The van der Waals surface area contributed by atoms with E-state index in [-0.39, 0.29) is 47.9 Å². The van der Waals surface area contributed by atoms with Gasteiger partial charge in [-0.2, -0.15) is 0 Å². The van der Waals surface area contributed by atoms with Crippen LogP contribution in [0.5, 0.6) is 0 Å². The monoisotopic (exact) mass is 775 g/mol. The Morgan fingerprint density at radius 1 is 0.966 bits per heavy atom. The van der Waals surface area contributed by atoms with Crippen LogP contribution in [0.2, 0.25) is 0 Å². The molecule has 3 aliphatic rings. The minimum Gasteiger partial charge on any atom is -0.448 e. The van der Waals surface area contributed by atoms with Gasteiger partial charge in [-0.05, 0) is 92.5 Å². The Kier molecular flexibility index (Phi) is 9.79. The molecular formula is C45H41N7O6. The van der Waals surface area contributed by atoms with Crippen LogP contribution in [-0.2, 0) is 27.8 Å². The Bertz CT molecular complexity index is 2750. The van der Waals surface area contributed by atoms with Gasteiger partial charge < -0.3 is 19.4 Å². The molecule has 1 aromatic carbocycles. The van der Waals surface area contributed by atoms with Crippen molar-refractivity contribution in [2.24, 2.45) is 7.05 Å². The summed E-state index contributed by atoms with van der Waals surface area (Å²) in [6, 6.07) is 17.1. The minimum absolute atomic E-state index is 0.0465. The summed E-state index contributed by atoms with van der Waals surface area (Å²) in [6.07, 6.45) is 7.91. The number of anilines is 2. The van der Waals surface area contributed by atoms with E-state index in [2.05, 4.69) is 44.5 Å². The summed E-state index contributed by atoms with van der Waals surface area (Å²) in [4.78, 5) is 66.8. The largest absolute Gasteiger partial charge is 0.448 e. The van der Waals surface area contributed by atoms with Crippen molar-refractivity contribution >= 4 is 51.1 Å². The van der Waals surface area contributed by atoms with Crippen molar-refractivity contribution in [1.82, 2.24) is 30.2 Å². The molecular weight excluding hydrogens is 735 g/mol. The van der Waals surface area contributed by atoms with Crippen LogP contribution in [0, 0.1) is 18.8 Å². The summed E-state index contributed by atoms with van der Waals surface area (Å²) in [5.74, 6) is 5.17. The van der Waals surface area contributed by atoms with E-state index >= 15 is 0 Å². The maximum atomic E-state index is 13.0. The molecule has 292 valence electrons. The fraction of sp³-hybridized carbons (Fsp3) is 0.311. The van der Waals surface area contributed by atoms with Crippen molar-refractivity contribution in [3.63, 3.8) is 0 Å². The van der Waals surface area contributed by atoms with Gasteiger partial charge in [-0.15, -0.1) is 0 Å². The van der Waals surface area contributed by atoms with E-state index in [1.165, 1.54) is 0 Å². The van der Waals surface area contributed by atoms with Gasteiger partial charge in [-0.3, -0.25) is 39.0 Å². The molecule has 6 aromatic rings. The predicted molar refractivity (Wildman–Crippen MR) is 218 cm³/mol. The van der Waals surface area contributed by atoms with E-state index in [0.717, 1.165) is 82.5 Å². The Balaban J connectivity index is 0.901. The van der Waals surface area contributed by atoms with E-state index < -0.39 is 5.92 Å². The van der Waals surface area contributed by atoms with Crippen LogP contribution in [0.3, 0.4) is 0 Å². The highest BCUT2D eigenvalue weighted by atomic mass is 16.5. The molecule has 0 bridgehead atoms. The molecule has 9 rings (SSSR count). The van der Waals surface area contributed by atoms with Crippen LogP contribution in [0.1, 0.15) is 82.6 Å². The number of amides is 3. The van der Waals surface area contributed by atoms with Crippen LogP contribution >= 0.6 is 0 Å². The number of piperidine rings is 1. The number of carbonyl (C=O) groups is 3. The quantitative estimate of drug-likeness (QED) is 0.158. The fourth-order valence-electron chi connectivity index (χ4n) is 8.36. The maximum absolute atomic E-state index is 13.0. The van der Waals surface area contributed by atoms with Crippen LogP contribution < -0.4 is 21.1 Å². The van der Waals surface area contributed by atoms with Crippen molar-refractivity contribution in [2.45, 2.75) is 57.3 Å². The van der Waals surface area contributed by atoms with Gasteiger partial charge in [0.05, 0.1) is 35.7 Å². The number of carbonyl (C=O) groups excluding carboxylic acids is 3. The summed E-state index contributed by atoms with van der Waals surface area (Å²) in [7, 11) is 1.80. The van der Waals surface area contributed by atoms with Gasteiger partial charge in [0.25, 0.3) is 11.5 Å². The molecule has 0 aliphatic carbocycles. The third-order valence-corrected chi connectivity index (χ3v) is 11.4. The minimum atomic E-state index is -0.440. The highest BCUT2D eigenvalue weighted by molar-refractivity contribution is 6.03. The number of hydrogen-bond donors (Lipinski definition) is 2.